The average molecular weight is 246 g/mol. The van der Waals surface area contributed by atoms with Crippen LogP contribution in [0.25, 0.3) is 0 Å². The Morgan fingerprint density at radius 3 is 2.61 bits per heavy atom. The van der Waals surface area contributed by atoms with Crippen LogP contribution in [0.4, 0.5) is 0 Å². The minimum atomic E-state index is 0.966. The van der Waals surface area contributed by atoms with Gasteiger partial charge >= 0.3 is 0 Å². The fourth-order valence-corrected chi connectivity index (χ4v) is 2.19. The van der Waals surface area contributed by atoms with Crippen molar-refractivity contribution in [1.82, 2.24) is 10.2 Å². The van der Waals surface area contributed by atoms with E-state index >= 15 is 0 Å². The van der Waals surface area contributed by atoms with Gasteiger partial charge in [-0.05, 0) is 44.1 Å². The molecule has 0 aromatic heterocycles. The van der Waals surface area contributed by atoms with E-state index in [-0.39, 0.29) is 0 Å². The van der Waals surface area contributed by atoms with E-state index in [1.807, 2.05) is 13.1 Å². The van der Waals surface area contributed by atoms with Crippen molar-refractivity contribution in [3.8, 4) is 0 Å². The van der Waals surface area contributed by atoms with Gasteiger partial charge in [0, 0.05) is 13.1 Å². The zero-order valence-electron chi connectivity index (χ0n) is 11.8. The van der Waals surface area contributed by atoms with Gasteiger partial charge in [-0.15, -0.1) is 6.58 Å². The predicted molar refractivity (Wildman–Crippen MR) is 79.8 cm³/mol. The third-order valence-electron chi connectivity index (χ3n) is 3.08. The van der Waals surface area contributed by atoms with Crippen LogP contribution in [0.3, 0.4) is 0 Å². The molecule has 0 amide bonds. The molecule has 2 nitrogen and oxygen atoms in total. The molecule has 100 valence electrons. The molecule has 0 aliphatic heterocycles. The minimum absolute atomic E-state index is 0.966. The van der Waals surface area contributed by atoms with Crippen LogP contribution in [0.1, 0.15) is 24.5 Å². The normalized spacial score (nSPS) is 10.8. The Balaban J connectivity index is 2.70. The van der Waals surface area contributed by atoms with Crippen molar-refractivity contribution in [1.29, 1.82) is 0 Å². The molecule has 0 unspecified atom stereocenters. The molecule has 0 heterocycles. The summed E-state index contributed by atoms with van der Waals surface area (Å²) in [6.07, 6.45) is 4.28. The molecule has 1 aromatic rings. The molecule has 1 aromatic carbocycles. The Morgan fingerprint density at radius 2 is 2.00 bits per heavy atom. The Bertz CT molecular complexity index is 347. The number of benzene rings is 1. The second-order valence-electron chi connectivity index (χ2n) is 4.65. The van der Waals surface area contributed by atoms with Crippen molar-refractivity contribution >= 4 is 0 Å². The zero-order valence-corrected chi connectivity index (χ0v) is 11.8. The Labute approximate surface area is 112 Å². The first kappa shape index (κ1) is 14.9. The summed E-state index contributed by atoms with van der Waals surface area (Å²) in [5, 5.41) is 3.22. The van der Waals surface area contributed by atoms with E-state index in [0.717, 1.165) is 32.6 Å². The van der Waals surface area contributed by atoms with Gasteiger partial charge in [0.25, 0.3) is 0 Å². The van der Waals surface area contributed by atoms with Crippen molar-refractivity contribution in [3.63, 3.8) is 0 Å². The lowest BCUT2D eigenvalue weighted by Gasteiger charge is -2.21. The molecule has 18 heavy (non-hydrogen) atoms. The summed E-state index contributed by atoms with van der Waals surface area (Å²) in [4.78, 5) is 2.45. The van der Waals surface area contributed by atoms with Crippen LogP contribution >= 0.6 is 0 Å². The molecule has 0 aliphatic rings. The van der Waals surface area contributed by atoms with Gasteiger partial charge in [-0.1, -0.05) is 37.3 Å². The lowest BCUT2D eigenvalue weighted by atomic mass is 10.0. The number of likely N-dealkylation sites (N-methyl/N-ethyl adjacent to an activating group) is 1. The highest BCUT2D eigenvalue weighted by Crippen LogP contribution is 2.12. The average Bonchev–Trinajstić information content (AvgIpc) is 2.38. The maximum Gasteiger partial charge on any atom is 0.0239 e. The van der Waals surface area contributed by atoms with Crippen LogP contribution < -0.4 is 5.32 Å². The SMILES string of the molecule is C=CCN(CCC)Cc1ccccc1CCNC. The highest BCUT2D eigenvalue weighted by Gasteiger charge is 2.06. The Kier molecular flexibility index (Phi) is 7.38. The summed E-state index contributed by atoms with van der Waals surface area (Å²) in [7, 11) is 2.00. The summed E-state index contributed by atoms with van der Waals surface area (Å²) >= 11 is 0. The van der Waals surface area contributed by atoms with E-state index in [1.165, 1.54) is 17.5 Å². The number of hydrogen-bond acceptors (Lipinski definition) is 2. The lowest BCUT2D eigenvalue weighted by Crippen LogP contribution is -2.25. The topological polar surface area (TPSA) is 15.3 Å². The fraction of sp³-hybridized carbons (Fsp3) is 0.500. The van der Waals surface area contributed by atoms with Crippen LogP contribution in [-0.2, 0) is 13.0 Å². The molecule has 1 rings (SSSR count). The number of nitrogens with one attached hydrogen (secondary N) is 1. The van der Waals surface area contributed by atoms with Gasteiger partial charge in [-0.25, -0.2) is 0 Å². The fourth-order valence-electron chi connectivity index (χ4n) is 2.19. The number of nitrogens with zero attached hydrogens (tertiary/aromatic N) is 1. The van der Waals surface area contributed by atoms with Gasteiger partial charge < -0.3 is 5.32 Å². The molecule has 1 N–H and O–H groups in total. The molecule has 2 heteroatoms. The third-order valence-corrected chi connectivity index (χ3v) is 3.08. The van der Waals surface area contributed by atoms with Gasteiger partial charge in [-0.3, -0.25) is 4.90 Å². The Morgan fingerprint density at radius 1 is 1.28 bits per heavy atom. The van der Waals surface area contributed by atoms with Crippen LogP contribution in [0.2, 0.25) is 0 Å². The van der Waals surface area contributed by atoms with E-state index < -0.39 is 0 Å². The van der Waals surface area contributed by atoms with Crippen molar-refractivity contribution in [2.75, 3.05) is 26.7 Å². The maximum absolute atomic E-state index is 3.84. The van der Waals surface area contributed by atoms with Crippen LogP contribution in [0, 0.1) is 0 Å². The van der Waals surface area contributed by atoms with Crippen LogP contribution in [0.5, 0.6) is 0 Å². The molecular formula is C16H26N2. The van der Waals surface area contributed by atoms with Gasteiger partial charge in [0.2, 0.25) is 0 Å². The lowest BCUT2D eigenvalue weighted by molar-refractivity contribution is 0.294. The van der Waals surface area contributed by atoms with E-state index in [4.69, 9.17) is 0 Å². The molecule has 0 spiro atoms. The summed E-state index contributed by atoms with van der Waals surface area (Å²) < 4.78 is 0. The second-order valence-corrected chi connectivity index (χ2v) is 4.65. The number of rotatable bonds is 9. The van der Waals surface area contributed by atoms with E-state index in [2.05, 4.69) is 48.0 Å². The van der Waals surface area contributed by atoms with Gasteiger partial charge in [0.05, 0.1) is 0 Å². The van der Waals surface area contributed by atoms with Crippen molar-refractivity contribution < 1.29 is 0 Å². The first-order valence-electron chi connectivity index (χ1n) is 6.86. The van der Waals surface area contributed by atoms with Gasteiger partial charge in [0.1, 0.15) is 0 Å². The van der Waals surface area contributed by atoms with E-state index in [9.17, 15) is 0 Å². The smallest absolute Gasteiger partial charge is 0.0239 e. The highest BCUT2D eigenvalue weighted by molar-refractivity contribution is 5.27. The molecule has 0 atom stereocenters. The van der Waals surface area contributed by atoms with Crippen molar-refractivity contribution in [3.05, 3.63) is 48.0 Å². The van der Waals surface area contributed by atoms with E-state index in [0.29, 0.717) is 0 Å². The minimum Gasteiger partial charge on any atom is -0.319 e. The first-order valence-corrected chi connectivity index (χ1v) is 6.86. The van der Waals surface area contributed by atoms with Crippen LogP contribution in [0.15, 0.2) is 36.9 Å². The molecule has 0 bridgehead atoms. The molecule has 0 saturated carbocycles. The molecule has 0 fully saturated rings. The molecular weight excluding hydrogens is 220 g/mol. The summed E-state index contributed by atoms with van der Waals surface area (Å²) in [5.41, 5.74) is 2.90. The van der Waals surface area contributed by atoms with Crippen molar-refractivity contribution in [2.24, 2.45) is 0 Å². The third kappa shape index (κ3) is 5.03. The molecule has 0 radical (unpaired) electrons. The standard InChI is InChI=1S/C16H26N2/c1-4-12-18(13-5-2)14-16-9-7-6-8-15(16)10-11-17-3/h4,6-9,17H,1,5,10-14H2,2-3H3. The first-order chi connectivity index (χ1) is 8.81. The molecule has 0 aliphatic carbocycles. The summed E-state index contributed by atoms with van der Waals surface area (Å²) in [5.74, 6) is 0. The zero-order chi connectivity index (χ0) is 13.2. The largest absolute Gasteiger partial charge is 0.319 e. The van der Waals surface area contributed by atoms with Gasteiger partial charge in [-0.2, -0.15) is 0 Å². The summed E-state index contributed by atoms with van der Waals surface area (Å²) in [6, 6.07) is 8.75. The quantitative estimate of drug-likeness (QED) is 0.674. The second kappa shape index (κ2) is 8.90. The van der Waals surface area contributed by atoms with E-state index in [1.54, 1.807) is 0 Å². The van der Waals surface area contributed by atoms with Gasteiger partial charge in [0.15, 0.2) is 0 Å². The maximum atomic E-state index is 3.84. The summed E-state index contributed by atoms with van der Waals surface area (Å²) in [6.45, 7) is 10.2. The predicted octanol–water partition coefficient (Wildman–Crippen LogP) is 2.85. The monoisotopic (exact) mass is 246 g/mol. The van der Waals surface area contributed by atoms with Crippen molar-refractivity contribution in [2.45, 2.75) is 26.3 Å². The highest BCUT2D eigenvalue weighted by atomic mass is 15.1. The number of hydrogen-bond donors (Lipinski definition) is 1. The Hall–Kier alpha value is -1.12. The van der Waals surface area contributed by atoms with Crippen LogP contribution in [-0.4, -0.2) is 31.6 Å². The molecule has 0 saturated heterocycles.